The number of nitrogens with zero attached hydrogens (tertiary/aromatic N) is 3. The lowest BCUT2D eigenvalue weighted by Gasteiger charge is -2.32. The zero-order valence-corrected chi connectivity index (χ0v) is 33.7. The van der Waals surface area contributed by atoms with E-state index in [0.717, 1.165) is 62.3 Å². The van der Waals surface area contributed by atoms with Crippen LogP contribution in [-0.4, -0.2) is 95.0 Å². The van der Waals surface area contributed by atoms with E-state index < -0.39 is 11.8 Å². The van der Waals surface area contributed by atoms with Gasteiger partial charge in [0.1, 0.15) is 23.4 Å². The van der Waals surface area contributed by atoms with Gasteiger partial charge in [-0.25, -0.2) is 5.84 Å². The molecule has 1 aliphatic heterocycles. The van der Waals surface area contributed by atoms with Gasteiger partial charge in [-0.3, -0.25) is 19.4 Å². The number of nitrogens with two attached hydrogens (primary N) is 1. The molecular formula is C41H70N7O5+. The van der Waals surface area contributed by atoms with Crippen LogP contribution in [0, 0.1) is 11.8 Å². The van der Waals surface area contributed by atoms with Crippen molar-refractivity contribution in [1.29, 1.82) is 0 Å². The molecule has 1 heterocycles. The Kier molecular flexibility index (Phi) is 18.0. The summed E-state index contributed by atoms with van der Waals surface area (Å²) in [5, 5.41) is 18.4. The van der Waals surface area contributed by atoms with Crippen LogP contribution in [0.2, 0.25) is 0 Å². The molecule has 0 bridgehead atoms. The topological polar surface area (TPSA) is 160 Å². The fourth-order valence-electron chi connectivity index (χ4n) is 6.34. The summed E-state index contributed by atoms with van der Waals surface area (Å²) in [5.74, 6) is 7.82. The summed E-state index contributed by atoms with van der Waals surface area (Å²) in [7, 11) is 0. The van der Waals surface area contributed by atoms with Gasteiger partial charge in [0.15, 0.2) is 0 Å². The molecule has 2 unspecified atom stereocenters. The van der Waals surface area contributed by atoms with E-state index in [1.165, 1.54) is 0 Å². The van der Waals surface area contributed by atoms with E-state index in [1.807, 2.05) is 62.5 Å². The highest BCUT2D eigenvalue weighted by Gasteiger charge is 2.27. The molecule has 1 aromatic rings. The molecule has 53 heavy (non-hydrogen) atoms. The second-order valence-corrected chi connectivity index (χ2v) is 16.4. The fourth-order valence-corrected chi connectivity index (χ4v) is 6.34. The van der Waals surface area contributed by atoms with E-state index in [4.69, 9.17) is 15.3 Å². The number of aliphatic hydroxyl groups excluding tert-OH is 1. The Bertz CT molecular complexity index is 1370. The Morgan fingerprint density at radius 3 is 2.57 bits per heavy atom. The van der Waals surface area contributed by atoms with Gasteiger partial charge in [0.05, 0.1) is 24.3 Å². The van der Waals surface area contributed by atoms with Crippen LogP contribution >= 0.6 is 0 Å². The molecule has 2 amide bonds. The predicted octanol–water partition coefficient (Wildman–Crippen LogP) is 4.04. The van der Waals surface area contributed by atoms with Crippen molar-refractivity contribution in [3.05, 3.63) is 65.7 Å². The first-order valence-corrected chi connectivity index (χ1v) is 19.6. The van der Waals surface area contributed by atoms with Crippen molar-refractivity contribution in [3.63, 3.8) is 0 Å². The highest BCUT2D eigenvalue weighted by molar-refractivity contribution is 5.81. The highest BCUT2D eigenvalue weighted by Crippen LogP contribution is 2.24. The summed E-state index contributed by atoms with van der Waals surface area (Å²) in [5.41, 5.74) is 5.45. The van der Waals surface area contributed by atoms with Crippen LogP contribution in [0.5, 0.6) is 5.75 Å². The minimum atomic E-state index is -0.672. The van der Waals surface area contributed by atoms with Gasteiger partial charge >= 0.3 is 0 Å². The van der Waals surface area contributed by atoms with Crippen LogP contribution in [0.4, 0.5) is 0 Å². The number of hydrogen-bond donors (Lipinski definition) is 5. The highest BCUT2D eigenvalue weighted by atomic mass is 16.5. The molecule has 2 atom stereocenters. The molecule has 12 nitrogen and oxygen atoms in total. The molecule has 12 heteroatoms. The van der Waals surface area contributed by atoms with Crippen molar-refractivity contribution in [2.75, 3.05) is 45.9 Å². The molecule has 0 aromatic heterocycles. The number of hydrogen-bond acceptors (Lipinski definition) is 9. The van der Waals surface area contributed by atoms with E-state index in [2.05, 4.69) is 60.8 Å². The quantitative estimate of drug-likeness (QED) is 0.104. The van der Waals surface area contributed by atoms with Crippen molar-refractivity contribution in [1.82, 2.24) is 25.4 Å². The normalized spacial score (nSPS) is 19.9. The summed E-state index contributed by atoms with van der Waals surface area (Å²) in [6.07, 6.45) is 12.3. The number of carbonyl (C=O) groups excluding carboxylic acids is 2. The lowest BCUT2D eigenvalue weighted by molar-refractivity contribution is -0.309. The largest absolute Gasteiger partial charge is 0.458 e. The van der Waals surface area contributed by atoms with Crippen molar-refractivity contribution >= 4 is 11.8 Å². The van der Waals surface area contributed by atoms with Crippen molar-refractivity contribution in [2.45, 2.75) is 117 Å². The zero-order valence-electron chi connectivity index (χ0n) is 33.7. The van der Waals surface area contributed by atoms with Gasteiger partial charge < -0.3 is 36.0 Å². The maximum Gasteiger partial charge on any atom is 0.227 e. The molecule has 0 saturated carbocycles. The molecule has 8 N–H and O–H groups in total. The average Bonchev–Trinajstić information content (AvgIpc) is 3.08. The number of quaternary nitrogens is 1. The molecule has 0 spiro atoms. The van der Waals surface area contributed by atoms with Gasteiger partial charge in [0.25, 0.3) is 0 Å². The maximum atomic E-state index is 13.2. The fraction of sp³-hybridized carbons (Fsp3) is 0.659. The van der Waals surface area contributed by atoms with Crippen LogP contribution in [0.25, 0.3) is 0 Å². The van der Waals surface area contributed by atoms with E-state index in [0.29, 0.717) is 57.2 Å². The Morgan fingerprint density at radius 1 is 1.17 bits per heavy atom. The van der Waals surface area contributed by atoms with Crippen LogP contribution in [0.1, 0.15) is 99.0 Å². The van der Waals surface area contributed by atoms with Gasteiger partial charge in [0, 0.05) is 64.3 Å². The van der Waals surface area contributed by atoms with E-state index >= 15 is 0 Å². The Morgan fingerprint density at radius 2 is 1.91 bits per heavy atom. The third kappa shape index (κ3) is 17.2. The van der Waals surface area contributed by atoms with Crippen molar-refractivity contribution in [2.24, 2.45) is 17.7 Å². The number of amides is 2. The number of rotatable bonds is 19. The predicted molar refractivity (Wildman–Crippen MR) is 211 cm³/mol. The molecule has 1 fully saturated rings. The minimum Gasteiger partial charge on any atom is -0.458 e. The number of hydrazine groups is 1. The second-order valence-electron chi connectivity index (χ2n) is 16.4. The lowest BCUT2D eigenvalue weighted by atomic mass is 9.95. The SMILES string of the molecule is CCCCN1CCN(Cc2ccc(OC3=CCC(C(=O)NC(C)(C)CCOC(C)(C)CCN(N)/C=C(\[NH3+])CC(C)C)C=C3)cc2)CCC(=O)NCC1O. The van der Waals surface area contributed by atoms with Gasteiger partial charge in [-0.1, -0.05) is 45.4 Å². The Labute approximate surface area is 318 Å². The van der Waals surface area contributed by atoms with Gasteiger partial charge in [-0.15, -0.1) is 0 Å². The molecule has 1 aromatic carbocycles. The van der Waals surface area contributed by atoms with E-state index in [1.54, 1.807) is 5.01 Å². The third-order valence-corrected chi connectivity index (χ3v) is 9.70. The summed E-state index contributed by atoms with van der Waals surface area (Å²) in [4.78, 5) is 29.9. The monoisotopic (exact) mass is 741 g/mol. The average molecular weight is 741 g/mol. The molecular weight excluding hydrogens is 670 g/mol. The first kappa shape index (κ1) is 44.1. The standard InChI is InChI=1S/C41H69N7O5/c1-8-9-21-47-25-24-46(22-18-37(49)44-28-38(47)50)29-32-10-14-35(15-11-32)53-36-16-12-33(13-17-36)39(51)45-40(4,5)20-26-52-41(6,7)19-23-48(43)30-34(42)27-31(2)3/h10-12,14-17,30-31,33,38,50H,8-9,13,18-29,42-43H2,1-7H3,(H,44,49)(H,45,51)/p+1/b34-30-. The Hall–Kier alpha value is -3.26. The number of carbonyl (C=O) groups is 2. The summed E-state index contributed by atoms with van der Waals surface area (Å²) in [6, 6.07) is 8.00. The number of β-amino-alcohol motifs (C(OH)–C–C–N with tert-alkyl or cyclic N) is 1. The molecule has 3 rings (SSSR count). The maximum absolute atomic E-state index is 13.2. The number of benzene rings is 1. The Balaban J connectivity index is 1.42. The number of nitrogens with one attached hydrogen (secondary N) is 2. The summed E-state index contributed by atoms with van der Waals surface area (Å²) < 4.78 is 12.4. The first-order chi connectivity index (χ1) is 25.0. The van der Waals surface area contributed by atoms with Gasteiger partial charge in [0.2, 0.25) is 11.8 Å². The lowest BCUT2D eigenvalue weighted by Crippen LogP contribution is -2.49. The zero-order chi connectivity index (χ0) is 39.0. The van der Waals surface area contributed by atoms with Crippen LogP contribution in [0.15, 0.2) is 60.1 Å². The number of aliphatic hydroxyl groups is 1. The summed E-state index contributed by atoms with van der Waals surface area (Å²) >= 11 is 0. The smallest absolute Gasteiger partial charge is 0.227 e. The second kappa shape index (κ2) is 21.6. The van der Waals surface area contributed by atoms with Gasteiger partial charge in [-0.2, -0.15) is 0 Å². The van der Waals surface area contributed by atoms with Crippen LogP contribution < -0.4 is 26.9 Å². The molecule has 0 radical (unpaired) electrons. The first-order valence-electron chi connectivity index (χ1n) is 19.6. The van der Waals surface area contributed by atoms with Crippen LogP contribution in [-0.2, 0) is 20.9 Å². The van der Waals surface area contributed by atoms with Crippen molar-refractivity contribution in [3.8, 4) is 5.75 Å². The van der Waals surface area contributed by atoms with Crippen molar-refractivity contribution < 1.29 is 29.9 Å². The minimum absolute atomic E-state index is 0.0166. The van der Waals surface area contributed by atoms with E-state index in [9.17, 15) is 14.7 Å². The molecule has 1 aliphatic carbocycles. The molecule has 298 valence electrons. The van der Waals surface area contributed by atoms with Gasteiger partial charge in [-0.05, 0) is 89.1 Å². The number of ether oxygens (including phenoxy) is 2. The van der Waals surface area contributed by atoms with E-state index in [-0.39, 0.29) is 29.9 Å². The molecule has 1 saturated heterocycles. The van der Waals surface area contributed by atoms with Crippen LogP contribution in [0.3, 0.4) is 0 Å². The molecule has 2 aliphatic rings. The summed E-state index contributed by atoms with van der Waals surface area (Å²) in [6.45, 7) is 19.8. The number of allylic oxidation sites excluding steroid dienone is 3. The third-order valence-electron chi connectivity index (χ3n) is 9.70. The number of unbranched alkanes of at least 4 members (excludes halogenated alkanes) is 1.